The SMILES string of the molecule is CC1OC(C)C2Cc3ccccc3C2(O)O1. The fourth-order valence-corrected chi connectivity index (χ4v) is 2.94. The standard InChI is InChI=1S/C13H16O3/c1-8-12-7-10-5-3-4-6-11(10)13(12,14)16-9(2)15-8/h3-6,8-9,12,14H,7H2,1-2H3. The quantitative estimate of drug-likeness (QED) is 0.724. The number of rotatable bonds is 0. The smallest absolute Gasteiger partial charge is 0.201 e. The van der Waals surface area contributed by atoms with Crippen molar-refractivity contribution in [2.45, 2.75) is 38.4 Å². The summed E-state index contributed by atoms with van der Waals surface area (Å²) in [5, 5.41) is 10.7. The zero-order valence-electron chi connectivity index (χ0n) is 9.51. The molecule has 4 atom stereocenters. The van der Waals surface area contributed by atoms with Crippen LogP contribution in [0.25, 0.3) is 0 Å². The molecule has 0 saturated carbocycles. The first-order chi connectivity index (χ1) is 7.61. The molecule has 1 N–H and O–H groups in total. The molecule has 0 spiro atoms. The summed E-state index contributed by atoms with van der Waals surface area (Å²) in [4.78, 5) is 0. The van der Waals surface area contributed by atoms with Crippen LogP contribution in [0.4, 0.5) is 0 Å². The number of benzene rings is 1. The van der Waals surface area contributed by atoms with Crippen LogP contribution in [0.2, 0.25) is 0 Å². The maximum absolute atomic E-state index is 10.7. The van der Waals surface area contributed by atoms with Crippen molar-refractivity contribution in [1.29, 1.82) is 0 Å². The fraction of sp³-hybridized carbons (Fsp3) is 0.538. The molecule has 1 saturated heterocycles. The van der Waals surface area contributed by atoms with Gasteiger partial charge in [-0.05, 0) is 25.8 Å². The van der Waals surface area contributed by atoms with Gasteiger partial charge in [-0.3, -0.25) is 0 Å². The van der Waals surface area contributed by atoms with Crippen LogP contribution < -0.4 is 0 Å². The lowest BCUT2D eigenvalue weighted by molar-refractivity contribution is -0.373. The normalized spacial score (nSPS) is 41.6. The largest absolute Gasteiger partial charge is 0.361 e. The van der Waals surface area contributed by atoms with Crippen molar-refractivity contribution in [2.24, 2.45) is 5.92 Å². The van der Waals surface area contributed by atoms with Gasteiger partial charge in [0, 0.05) is 11.5 Å². The van der Waals surface area contributed by atoms with Gasteiger partial charge in [-0.25, -0.2) is 0 Å². The monoisotopic (exact) mass is 220 g/mol. The average Bonchev–Trinajstić information content (AvgIpc) is 2.52. The lowest BCUT2D eigenvalue weighted by atomic mass is 9.93. The maximum atomic E-state index is 10.7. The Morgan fingerprint density at radius 1 is 1.31 bits per heavy atom. The highest BCUT2D eigenvalue weighted by atomic mass is 16.8. The molecule has 4 unspecified atom stereocenters. The molecular weight excluding hydrogens is 204 g/mol. The number of ether oxygens (including phenoxy) is 2. The number of fused-ring (bicyclic) bond motifs is 3. The first-order valence-corrected chi connectivity index (χ1v) is 5.75. The lowest BCUT2D eigenvalue weighted by Crippen LogP contribution is -2.49. The van der Waals surface area contributed by atoms with E-state index >= 15 is 0 Å². The Bertz CT molecular complexity index is 417. The van der Waals surface area contributed by atoms with E-state index in [0.717, 1.165) is 12.0 Å². The molecule has 1 aromatic carbocycles. The molecule has 2 aliphatic rings. The molecule has 1 heterocycles. The second-order valence-corrected chi connectivity index (χ2v) is 4.69. The van der Waals surface area contributed by atoms with E-state index in [1.54, 1.807) is 0 Å². The van der Waals surface area contributed by atoms with Crippen LogP contribution in [0.1, 0.15) is 25.0 Å². The third-order valence-corrected chi connectivity index (χ3v) is 3.66. The third-order valence-electron chi connectivity index (χ3n) is 3.66. The summed E-state index contributed by atoms with van der Waals surface area (Å²) in [5.41, 5.74) is 2.07. The molecule has 86 valence electrons. The summed E-state index contributed by atoms with van der Waals surface area (Å²) in [6.45, 7) is 3.83. The molecular formula is C13H16O3. The van der Waals surface area contributed by atoms with E-state index in [4.69, 9.17) is 9.47 Å². The van der Waals surface area contributed by atoms with Gasteiger partial charge in [0.05, 0.1) is 6.10 Å². The molecule has 3 nitrogen and oxygen atoms in total. The zero-order chi connectivity index (χ0) is 11.3. The molecule has 1 aromatic rings. The number of hydrogen-bond acceptors (Lipinski definition) is 3. The van der Waals surface area contributed by atoms with Gasteiger partial charge in [0.1, 0.15) is 0 Å². The van der Waals surface area contributed by atoms with Crippen LogP contribution in [0.15, 0.2) is 24.3 Å². The lowest BCUT2D eigenvalue weighted by Gasteiger charge is -2.42. The van der Waals surface area contributed by atoms with Crippen molar-refractivity contribution >= 4 is 0 Å². The van der Waals surface area contributed by atoms with Gasteiger partial charge in [0.2, 0.25) is 5.79 Å². The van der Waals surface area contributed by atoms with E-state index in [1.807, 2.05) is 38.1 Å². The first-order valence-electron chi connectivity index (χ1n) is 5.75. The highest BCUT2D eigenvalue weighted by Crippen LogP contribution is 2.47. The Labute approximate surface area is 95.0 Å². The van der Waals surface area contributed by atoms with Crippen molar-refractivity contribution in [2.75, 3.05) is 0 Å². The van der Waals surface area contributed by atoms with E-state index in [1.165, 1.54) is 5.56 Å². The van der Waals surface area contributed by atoms with Crippen molar-refractivity contribution in [3.63, 3.8) is 0 Å². The number of aliphatic hydroxyl groups is 1. The Kier molecular flexibility index (Phi) is 2.11. The van der Waals surface area contributed by atoms with Crippen LogP contribution in [-0.2, 0) is 21.7 Å². The summed E-state index contributed by atoms with van der Waals surface area (Å²) in [6.07, 6.45) is 0.476. The Hall–Kier alpha value is -0.900. The van der Waals surface area contributed by atoms with Crippen molar-refractivity contribution in [3.05, 3.63) is 35.4 Å². The van der Waals surface area contributed by atoms with E-state index in [0.29, 0.717) is 0 Å². The van der Waals surface area contributed by atoms with Crippen LogP contribution in [0.3, 0.4) is 0 Å². The topological polar surface area (TPSA) is 38.7 Å². The minimum atomic E-state index is -1.16. The van der Waals surface area contributed by atoms with E-state index in [-0.39, 0.29) is 18.3 Å². The zero-order valence-corrected chi connectivity index (χ0v) is 9.51. The predicted molar refractivity (Wildman–Crippen MR) is 58.6 cm³/mol. The van der Waals surface area contributed by atoms with Crippen molar-refractivity contribution in [3.8, 4) is 0 Å². The molecule has 1 fully saturated rings. The maximum Gasteiger partial charge on any atom is 0.201 e. The highest BCUT2D eigenvalue weighted by Gasteiger charge is 2.53. The Balaban J connectivity index is 2.08. The number of hydrogen-bond donors (Lipinski definition) is 1. The van der Waals surface area contributed by atoms with E-state index in [9.17, 15) is 5.11 Å². The molecule has 1 aliphatic heterocycles. The van der Waals surface area contributed by atoms with Crippen LogP contribution in [0, 0.1) is 5.92 Å². The van der Waals surface area contributed by atoms with Crippen LogP contribution in [-0.4, -0.2) is 17.5 Å². The molecule has 1 aliphatic carbocycles. The van der Waals surface area contributed by atoms with Gasteiger partial charge in [0.25, 0.3) is 0 Å². The van der Waals surface area contributed by atoms with Gasteiger partial charge in [0.15, 0.2) is 6.29 Å². The third kappa shape index (κ3) is 1.25. The van der Waals surface area contributed by atoms with Gasteiger partial charge >= 0.3 is 0 Å². The van der Waals surface area contributed by atoms with Crippen molar-refractivity contribution in [1.82, 2.24) is 0 Å². The summed E-state index contributed by atoms with van der Waals surface area (Å²) in [6, 6.07) is 7.92. The van der Waals surface area contributed by atoms with Gasteiger partial charge in [-0.2, -0.15) is 0 Å². The van der Waals surface area contributed by atoms with Gasteiger partial charge < -0.3 is 14.6 Å². The molecule has 3 rings (SSSR count). The molecule has 0 bridgehead atoms. The Morgan fingerprint density at radius 3 is 2.88 bits per heavy atom. The van der Waals surface area contributed by atoms with Gasteiger partial charge in [-0.15, -0.1) is 0 Å². The van der Waals surface area contributed by atoms with Crippen LogP contribution in [0.5, 0.6) is 0 Å². The van der Waals surface area contributed by atoms with Gasteiger partial charge in [-0.1, -0.05) is 24.3 Å². The first kappa shape index (κ1) is 10.3. The molecule has 0 radical (unpaired) electrons. The average molecular weight is 220 g/mol. The second-order valence-electron chi connectivity index (χ2n) is 4.69. The van der Waals surface area contributed by atoms with Crippen LogP contribution >= 0.6 is 0 Å². The Morgan fingerprint density at radius 2 is 2.06 bits per heavy atom. The second kappa shape index (κ2) is 3.29. The molecule has 3 heteroatoms. The molecule has 0 aromatic heterocycles. The summed E-state index contributed by atoms with van der Waals surface area (Å²) < 4.78 is 11.2. The minimum absolute atomic E-state index is 0.00102. The fourth-order valence-electron chi connectivity index (χ4n) is 2.94. The summed E-state index contributed by atoms with van der Waals surface area (Å²) in [7, 11) is 0. The highest BCUT2D eigenvalue weighted by molar-refractivity contribution is 5.37. The molecule has 0 amide bonds. The minimum Gasteiger partial charge on any atom is -0.361 e. The van der Waals surface area contributed by atoms with Crippen molar-refractivity contribution < 1.29 is 14.6 Å². The van der Waals surface area contributed by atoms with E-state index < -0.39 is 5.79 Å². The predicted octanol–water partition coefficient (Wildman–Crippen LogP) is 1.79. The summed E-state index contributed by atoms with van der Waals surface area (Å²) >= 11 is 0. The summed E-state index contributed by atoms with van der Waals surface area (Å²) in [5.74, 6) is -1.16. The molecule has 16 heavy (non-hydrogen) atoms. The van der Waals surface area contributed by atoms with E-state index in [2.05, 4.69) is 0 Å².